The fourth-order valence-electron chi connectivity index (χ4n) is 1.83. The van der Waals surface area contributed by atoms with Crippen LogP contribution in [0.5, 0.6) is 0 Å². The highest BCUT2D eigenvalue weighted by Gasteiger charge is 2.11. The molecule has 0 aliphatic carbocycles. The number of carbonyl (C=O) groups excluding carboxylic acids is 1. The third-order valence-corrected chi connectivity index (χ3v) is 2.81. The van der Waals surface area contributed by atoms with Gasteiger partial charge in [-0.2, -0.15) is 5.10 Å². The van der Waals surface area contributed by atoms with Crippen molar-refractivity contribution in [2.24, 2.45) is 0 Å². The molecule has 0 atom stereocenters. The Labute approximate surface area is 110 Å². The van der Waals surface area contributed by atoms with E-state index in [2.05, 4.69) is 10.1 Å². The van der Waals surface area contributed by atoms with E-state index in [9.17, 15) is 4.79 Å². The van der Waals surface area contributed by atoms with E-state index in [4.69, 9.17) is 0 Å². The molecule has 0 fully saturated rings. The molecular formula is C15H11N3O. The van der Waals surface area contributed by atoms with Crippen LogP contribution in [0.15, 0.2) is 67.3 Å². The van der Waals surface area contributed by atoms with Crippen LogP contribution in [0.3, 0.4) is 0 Å². The molecule has 4 heteroatoms. The van der Waals surface area contributed by atoms with Gasteiger partial charge in [-0.3, -0.25) is 9.78 Å². The molecule has 0 saturated heterocycles. The first-order valence-corrected chi connectivity index (χ1v) is 5.89. The molecule has 0 spiro atoms. The van der Waals surface area contributed by atoms with E-state index in [1.54, 1.807) is 41.6 Å². The molecular weight excluding hydrogens is 238 g/mol. The van der Waals surface area contributed by atoms with Gasteiger partial charge in [0.15, 0.2) is 5.78 Å². The predicted molar refractivity (Wildman–Crippen MR) is 71.2 cm³/mol. The molecule has 1 aromatic carbocycles. The van der Waals surface area contributed by atoms with E-state index in [1.165, 1.54) is 0 Å². The highest BCUT2D eigenvalue weighted by atomic mass is 16.1. The van der Waals surface area contributed by atoms with Gasteiger partial charge in [0.05, 0.1) is 17.4 Å². The second kappa shape index (κ2) is 4.86. The zero-order chi connectivity index (χ0) is 13.1. The maximum absolute atomic E-state index is 12.2. The Morgan fingerprint density at radius 2 is 1.68 bits per heavy atom. The van der Waals surface area contributed by atoms with Crippen LogP contribution in [0.2, 0.25) is 0 Å². The first-order chi connectivity index (χ1) is 9.34. The number of ketones is 1. The lowest BCUT2D eigenvalue weighted by atomic mass is 10.1. The second-order valence-corrected chi connectivity index (χ2v) is 4.07. The van der Waals surface area contributed by atoms with E-state index in [0.29, 0.717) is 11.1 Å². The Hall–Kier alpha value is -2.75. The van der Waals surface area contributed by atoms with Crippen molar-refractivity contribution in [2.75, 3.05) is 0 Å². The zero-order valence-electron chi connectivity index (χ0n) is 10.1. The number of benzene rings is 1. The number of para-hydroxylation sites is 1. The summed E-state index contributed by atoms with van der Waals surface area (Å²) in [6.45, 7) is 0. The smallest absolute Gasteiger partial charge is 0.196 e. The first kappa shape index (κ1) is 11.3. The van der Waals surface area contributed by atoms with Crippen molar-refractivity contribution in [3.05, 3.63) is 78.4 Å². The second-order valence-electron chi connectivity index (χ2n) is 4.07. The summed E-state index contributed by atoms with van der Waals surface area (Å²) in [4.78, 5) is 16.1. The topological polar surface area (TPSA) is 47.8 Å². The monoisotopic (exact) mass is 249 g/mol. The molecule has 0 saturated carbocycles. The molecule has 0 bridgehead atoms. The van der Waals surface area contributed by atoms with Gasteiger partial charge in [0, 0.05) is 24.2 Å². The van der Waals surface area contributed by atoms with Gasteiger partial charge in [0.25, 0.3) is 0 Å². The Kier molecular flexibility index (Phi) is 2.90. The van der Waals surface area contributed by atoms with Gasteiger partial charge in [-0.05, 0) is 24.3 Å². The Morgan fingerprint density at radius 1 is 0.947 bits per heavy atom. The van der Waals surface area contributed by atoms with Crippen molar-refractivity contribution in [1.29, 1.82) is 0 Å². The van der Waals surface area contributed by atoms with Crippen LogP contribution in [-0.4, -0.2) is 20.5 Å². The molecule has 92 valence electrons. The number of hydrogen-bond donors (Lipinski definition) is 0. The molecule has 2 heterocycles. The molecule has 19 heavy (non-hydrogen) atoms. The molecule has 0 aliphatic heterocycles. The minimum absolute atomic E-state index is 0.0513. The summed E-state index contributed by atoms with van der Waals surface area (Å²) in [6.07, 6.45) is 6.53. The van der Waals surface area contributed by atoms with Crippen molar-refractivity contribution in [2.45, 2.75) is 0 Å². The third-order valence-electron chi connectivity index (χ3n) is 2.81. The summed E-state index contributed by atoms with van der Waals surface area (Å²) in [5, 5.41) is 4.21. The van der Waals surface area contributed by atoms with Crippen LogP contribution >= 0.6 is 0 Å². The highest BCUT2D eigenvalue weighted by molar-refractivity contribution is 6.08. The van der Waals surface area contributed by atoms with E-state index in [-0.39, 0.29) is 5.78 Å². The molecule has 3 rings (SSSR count). The highest BCUT2D eigenvalue weighted by Crippen LogP contribution is 2.11. The molecule has 0 aliphatic rings. The fourth-order valence-corrected chi connectivity index (χ4v) is 1.83. The van der Waals surface area contributed by atoms with Crippen molar-refractivity contribution in [1.82, 2.24) is 14.8 Å². The van der Waals surface area contributed by atoms with Crippen molar-refractivity contribution in [3.8, 4) is 5.69 Å². The number of rotatable bonds is 3. The van der Waals surface area contributed by atoms with Crippen LogP contribution in [0, 0.1) is 0 Å². The molecule has 2 aromatic heterocycles. The van der Waals surface area contributed by atoms with Gasteiger partial charge >= 0.3 is 0 Å². The maximum atomic E-state index is 12.2. The summed E-state index contributed by atoms with van der Waals surface area (Å²) < 4.78 is 1.69. The molecule has 0 N–H and O–H groups in total. The van der Waals surface area contributed by atoms with E-state index < -0.39 is 0 Å². The third kappa shape index (κ3) is 2.28. The Bertz CT molecular complexity index is 690. The first-order valence-electron chi connectivity index (χ1n) is 5.89. The number of aromatic nitrogens is 3. The molecule has 0 amide bonds. The molecule has 0 radical (unpaired) electrons. The van der Waals surface area contributed by atoms with Gasteiger partial charge in [-0.1, -0.05) is 18.2 Å². The van der Waals surface area contributed by atoms with Crippen molar-refractivity contribution in [3.63, 3.8) is 0 Å². The van der Waals surface area contributed by atoms with Crippen LogP contribution in [-0.2, 0) is 0 Å². The van der Waals surface area contributed by atoms with E-state index in [1.807, 2.05) is 30.3 Å². The Balaban J connectivity index is 1.92. The number of nitrogens with zero attached hydrogens (tertiary/aromatic N) is 3. The summed E-state index contributed by atoms with van der Waals surface area (Å²) >= 11 is 0. The summed E-state index contributed by atoms with van der Waals surface area (Å²) in [7, 11) is 0. The van der Waals surface area contributed by atoms with Gasteiger partial charge in [0.1, 0.15) is 0 Å². The molecule has 0 unspecified atom stereocenters. The van der Waals surface area contributed by atoms with Crippen LogP contribution in [0.1, 0.15) is 15.9 Å². The van der Waals surface area contributed by atoms with Gasteiger partial charge < -0.3 is 0 Å². The van der Waals surface area contributed by atoms with Crippen LogP contribution < -0.4 is 0 Å². The largest absolute Gasteiger partial charge is 0.288 e. The van der Waals surface area contributed by atoms with Crippen LogP contribution in [0.4, 0.5) is 0 Å². The maximum Gasteiger partial charge on any atom is 0.196 e. The number of hydrogen-bond acceptors (Lipinski definition) is 3. The minimum Gasteiger partial charge on any atom is -0.288 e. The molecule has 4 nitrogen and oxygen atoms in total. The number of pyridine rings is 1. The van der Waals surface area contributed by atoms with E-state index in [0.717, 1.165) is 5.69 Å². The van der Waals surface area contributed by atoms with Crippen molar-refractivity contribution < 1.29 is 4.79 Å². The summed E-state index contributed by atoms with van der Waals surface area (Å²) in [6, 6.07) is 13.1. The summed E-state index contributed by atoms with van der Waals surface area (Å²) in [5.41, 5.74) is 2.11. The van der Waals surface area contributed by atoms with E-state index >= 15 is 0 Å². The summed E-state index contributed by atoms with van der Waals surface area (Å²) in [5.74, 6) is -0.0513. The fraction of sp³-hybridized carbons (Fsp3) is 0. The average Bonchev–Trinajstić information content (AvgIpc) is 2.98. The zero-order valence-corrected chi connectivity index (χ0v) is 10.1. The van der Waals surface area contributed by atoms with Gasteiger partial charge in [-0.25, -0.2) is 4.68 Å². The number of carbonyl (C=O) groups is 1. The van der Waals surface area contributed by atoms with Crippen LogP contribution in [0.25, 0.3) is 5.69 Å². The lowest BCUT2D eigenvalue weighted by Gasteiger charge is -1.99. The molecule has 3 aromatic rings. The predicted octanol–water partition coefficient (Wildman–Crippen LogP) is 2.50. The standard InChI is InChI=1S/C15H11N3O/c19-15(12-6-8-16-9-7-12)13-10-17-18(11-13)14-4-2-1-3-5-14/h1-11H. The van der Waals surface area contributed by atoms with Gasteiger partial charge in [-0.15, -0.1) is 0 Å². The lowest BCUT2D eigenvalue weighted by molar-refractivity contribution is 0.103. The van der Waals surface area contributed by atoms with Gasteiger partial charge in [0.2, 0.25) is 0 Å². The minimum atomic E-state index is -0.0513. The Morgan fingerprint density at radius 3 is 2.42 bits per heavy atom. The lowest BCUT2D eigenvalue weighted by Crippen LogP contribution is -2.00. The average molecular weight is 249 g/mol. The quantitative estimate of drug-likeness (QED) is 0.670. The SMILES string of the molecule is O=C(c1ccncc1)c1cnn(-c2ccccc2)c1. The normalized spacial score (nSPS) is 10.3. The van der Waals surface area contributed by atoms with Crippen molar-refractivity contribution >= 4 is 5.78 Å².